The van der Waals surface area contributed by atoms with Crippen LogP contribution in [0.5, 0.6) is 23.0 Å². The minimum absolute atomic E-state index is 0.000527. The van der Waals surface area contributed by atoms with Gasteiger partial charge in [-0.1, -0.05) is 145 Å². The second-order valence-corrected chi connectivity index (χ2v) is 17.5. The third-order valence-electron chi connectivity index (χ3n) is 12.1. The Morgan fingerprint density at radius 3 is 1.84 bits per heavy atom. The van der Waals surface area contributed by atoms with E-state index < -0.39 is 72.4 Å². The second kappa shape index (κ2) is 26.0. The van der Waals surface area contributed by atoms with Gasteiger partial charge in [-0.2, -0.15) is 0 Å². The Balaban J connectivity index is 1.19. The van der Waals surface area contributed by atoms with Gasteiger partial charge in [0.1, 0.15) is 52.9 Å². The number of aryl methyl sites for hydroxylation is 2. The molecule has 2 heterocycles. The molecule has 14 nitrogen and oxygen atoms in total. The highest BCUT2D eigenvalue weighted by Crippen LogP contribution is 2.39. The number of unbranched alkanes of at least 4 members (excludes halogenated alkanes) is 12. The highest BCUT2D eigenvalue weighted by atomic mass is 16.8. The number of esters is 4. The van der Waals surface area contributed by atoms with Crippen molar-refractivity contribution < 1.29 is 67.3 Å². The van der Waals surface area contributed by atoms with Gasteiger partial charge in [0.2, 0.25) is 12.4 Å². The summed E-state index contributed by atoms with van der Waals surface area (Å²) in [6.45, 7) is 6.26. The molecule has 2 saturated heterocycles. The number of aromatic hydroxyl groups is 2. The van der Waals surface area contributed by atoms with Gasteiger partial charge in [-0.15, -0.1) is 0 Å². The summed E-state index contributed by atoms with van der Waals surface area (Å²) >= 11 is 0. The molecular weight excluding hydrogens is 873 g/mol. The van der Waals surface area contributed by atoms with Crippen molar-refractivity contribution in [2.45, 2.75) is 161 Å². The fourth-order valence-electron chi connectivity index (χ4n) is 8.70. The molecule has 366 valence electrons. The summed E-state index contributed by atoms with van der Waals surface area (Å²) in [7, 11) is 0. The van der Waals surface area contributed by atoms with Crippen molar-refractivity contribution in [1.29, 1.82) is 0 Å². The van der Waals surface area contributed by atoms with E-state index in [2.05, 4.69) is 6.92 Å². The van der Waals surface area contributed by atoms with Crippen LogP contribution in [0, 0.1) is 6.92 Å². The molecule has 2 N–H and O–H groups in total. The average Bonchev–Trinajstić information content (AvgIpc) is 3.30. The van der Waals surface area contributed by atoms with Crippen molar-refractivity contribution in [3.63, 3.8) is 0 Å². The normalized spacial score (nSPS) is 19.9. The van der Waals surface area contributed by atoms with Gasteiger partial charge in [0.15, 0.2) is 12.4 Å². The van der Waals surface area contributed by atoms with Gasteiger partial charge < -0.3 is 48.1 Å². The Labute approximate surface area is 399 Å². The summed E-state index contributed by atoms with van der Waals surface area (Å²) in [5.41, 5.74) is 2.01. The highest BCUT2D eigenvalue weighted by molar-refractivity contribution is 5.97. The van der Waals surface area contributed by atoms with Crippen LogP contribution in [0.3, 0.4) is 0 Å². The van der Waals surface area contributed by atoms with Gasteiger partial charge in [-0.3, -0.25) is 9.59 Å². The first-order valence-corrected chi connectivity index (χ1v) is 24.0. The van der Waals surface area contributed by atoms with E-state index in [0.29, 0.717) is 24.0 Å². The lowest BCUT2D eigenvalue weighted by Crippen LogP contribution is -2.64. The van der Waals surface area contributed by atoms with E-state index in [1.807, 2.05) is 60.7 Å². The Kier molecular flexibility index (Phi) is 19.6. The molecule has 2 aliphatic heterocycles. The van der Waals surface area contributed by atoms with Crippen LogP contribution in [-0.4, -0.2) is 71.4 Å². The van der Waals surface area contributed by atoms with Crippen molar-refractivity contribution in [1.82, 2.24) is 0 Å². The topological polar surface area (TPSA) is 183 Å². The number of hydrogen-bond donors (Lipinski definition) is 2. The molecular formula is C54H66O14. The smallest absolute Gasteiger partial charge is 0.347 e. The molecule has 0 bridgehead atoms. The fourth-order valence-corrected chi connectivity index (χ4v) is 8.70. The maximum Gasteiger partial charge on any atom is 0.347 e. The predicted molar refractivity (Wildman–Crippen MR) is 251 cm³/mol. The molecule has 2 fully saturated rings. The quantitative estimate of drug-likeness (QED) is 0.0293. The minimum atomic E-state index is -1.38. The van der Waals surface area contributed by atoms with Crippen LogP contribution in [0.4, 0.5) is 0 Å². The standard InChI is InChI=1S/C54H66O14/c1-5-6-7-8-9-10-11-12-13-14-15-16-21-28-40-30-42(32-44(58)47(40)52(60)65-41-29-35(2)46(43(57)31-41)51(59)61-33-38-24-19-17-20-25-38)66-54-50(64-37(4)56)49(63-36(3)55)48-45(67-54)34-62-53(68-48)39-26-22-18-23-27-39/h17-20,22-27,29-32,45,48-50,53-54,57-58H,5-16,21,28,33-34H2,1-4H3/t45-,48-,49+,50-,53-,54-/m1/s1. The average molecular weight is 939 g/mol. The van der Waals surface area contributed by atoms with Gasteiger partial charge >= 0.3 is 23.9 Å². The largest absolute Gasteiger partial charge is 0.507 e. The number of carbonyl (C=O) groups excluding carboxylic acids is 4. The first-order chi connectivity index (χ1) is 32.9. The summed E-state index contributed by atoms with van der Waals surface area (Å²) in [6.07, 6.45) is 8.83. The zero-order valence-electron chi connectivity index (χ0n) is 39.7. The number of ether oxygens (including phenoxy) is 8. The number of fused-ring (bicyclic) bond motifs is 1. The van der Waals surface area contributed by atoms with Crippen LogP contribution in [0.15, 0.2) is 84.9 Å². The summed E-state index contributed by atoms with van der Waals surface area (Å²) < 4.78 is 47.7. The first-order valence-electron chi connectivity index (χ1n) is 24.0. The van der Waals surface area contributed by atoms with Crippen LogP contribution in [-0.2, 0) is 51.0 Å². The van der Waals surface area contributed by atoms with Crippen LogP contribution in [0.2, 0.25) is 0 Å². The lowest BCUT2D eigenvalue weighted by atomic mass is 9.96. The third kappa shape index (κ3) is 14.8. The molecule has 0 unspecified atom stereocenters. The lowest BCUT2D eigenvalue weighted by molar-refractivity contribution is -0.351. The zero-order valence-corrected chi connectivity index (χ0v) is 39.7. The number of benzene rings is 4. The molecule has 0 spiro atoms. The number of phenolic OH excluding ortho intramolecular Hbond substituents is 2. The van der Waals surface area contributed by atoms with Crippen molar-refractivity contribution >= 4 is 23.9 Å². The van der Waals surface area contributed by atoms with Gasteiger partial charge in [0.05, 0.1) is 6.61 Å². The molecule has 14 heteroatoms. The van der Waals surface area contributed by atoms with Crippen LogP contribution >= 0.6 is 0 Å². The molecule has 4 aromatic carbocycles. The van der Waals surface area contributed by atoms with Gasteiger partial charge in [-0.25, -0.2) is 9.59 Å². The molecule has 6 atom stereocenters. The molecule has 0 amide bonds. The Bertz CT molecular complexity index is 2240. The number of phenols is 2. The monoisotopic (exact) mass is 938 g/mol. The van der Waals surface area contributed by atoms with Crippen LogP contribution < -0.4 is 9.47 Å². The first kappa shape index (κ1) is 51.4. The minimum Gasteiger partial charge on any atom is -0.507 e. The summed E-state index contributed by atoms with van der Waals surface area (Å²) in [6, 6.07) is 23.7. The number of hydrogen-bond acceptors (Lipinski definition) is 14. The van der Waals surface area contributed by atoms with E-state index in [0.717, 1.165) is 42.9 Å². The number of carbonyl (C=O) groups is 4. The van der Waals surface area contributed by atoms with Crippen molar-refractivity contribution in [2.75, 3.05) is 6.61 Å². The highest BCUT2D eigenvalue weighted by Gasteiger charge is 2.54. The van der Waals surface area contributed by atoms with E-state index in [1.165, 1.54) is 77.3 Å². The van der Waals surface area contributed by atoms with E-state index in [9.17, 15) is 29.4 Å². The van der Waals surface area contributed by atoms with Crippen molar-refractivity contribution in [3.05, 3.63) is 118 Å². The van der Waals surface area contributed by atoms with E-state index >= 15 is 0 Å². The predicted octanol–water partition coefficient (Wildman–Crippen LogP) is 10.7. The molecule has 0 aromatic heterocycles. The number of rotatable bonds is 24. The van der Waals surface area contributed by atoms with Crippen LogP contribution in [0.25, 0.3) is 0 Å². The summed E-state index contributed by atoms with van der Waals surface area (Å²) in [4.78, 5) is 52.2. The van der Waals surface area contributed by atoms with Crippen LogP contribution in [0.1, 0.15) is 154 Å². The van der Waals surface area contributed by atoms with Gasteiger partial charge in [0, 0.05) is 31.5 Å². The third-order valence-corrected chi connectivity index (χ3v) is 12.1. The Morgan fingerprint density at radius 2 is 1.22 bits per heavy atom. The summed E-state index contributed by atoms with van der Waals surface area (Å²) in [5.74, 6) is -3.92. The Morgan fingerprint density at radius 1 is 0.647 bits per heavy atom. The maximum absolute atomic E-state index is 14.0. The molecule has 0 saturated carbocycles. The van der Waals surface area contributed by atoms with E-state index in [4.69, 9.17) is 37.9 Å². The SMILES string of the molecule is CCCCCCCCCCCCCCCc1cc(O[C@@H]2O[C@@H]3CO[C@@H](c4ccccc4)O[C@H]3[C@H](OC(C)=O)[C@H]2OC(C)=O)cc(O)c1C(=O)Oc1cc(C)c(C(=O)OCc2ccccc2)c(O)c1. The summed E-state index contributed by atoms with van der Waals surface area (Å²) in [5, 5.41) is 22.6. The van der Waals surface area contributed by atoms with E-state index in [-0.39, 0.29) is 35.8 Å². The van der Waals surface area contributed by atoms with Gasteiger partial charge in [-0.05, 0) is 48.6 Å². The molecule has 2 aliphatic rings. The van der Waals surface area contributed by atoms with Crippen molar-refractivity contribution in [2.24, 2.45) is 0 Å². The Hall–Kier alpha value is -5.96. The van der Waals surface area contributed by atoms with Gasteiger partial charge in [0.25, 0.3) is 0 Å². The fraction of sp³-hybridized carbons (Fsp3) is 0.481. The maximum atomic E-state index is 14.0. The second-order valence-electron chi connectivity index (χ2n) is 17.5. The molecule has 68 heavy (non-hydrogen) atoms. The van der Waals surface area contributed by atoms with E-state index in [1.54, 1.807) is 13.0 Å². The van der Waals surface area contributed by atoms with Crippen molar-refractivity contribution in [3.8, 4) is 23.0 Å². The molecule has 0 aliphatic carbocycles. The molecule has 6 rings (SSSR count). The molecule has 0 radical (unpaired) electrons. The lowest BCUT2D eigenvalue weighted by Gasteiger charge is -2.47. The molecule has 4 aromatic rings. The zero-order chi connectivity index (χ0) is 48.4.